The fourth-order valence-electron chi connectivity index (χ4n) is 2.54. The number of halogens is 1. The van der Waals surface area contributed by atoms with E-state index < -0.39 is 0 Å². The van der Waals surface area contributed by atoms with Gasteiger partial charge in [0.2, 0.25) is 0 Å². The topological polar surface area (TPSA) is 21.3 Å². The normalized spacial score (nSPS) is 32.5. The predicted molar refractivity (Wildman–Crippen MR) is 60.3 cm³/mol. The van der Waals surface area contributed by atoms with Crippen LogP contribution in [0.2, 0.25) is 5.02 Å². The van der Waals surface area contributed by atoms with Gasteiger partial charge in [0.1, 0.15) is 5.75 Å². The Bertz CT molecular complexity index is 358. The van der Waals surface area contributed by atoms with E-state index in [9.17, 15) is 0 Å². The molecule has 0 spiro atoms. The van der Waals surface area contributed by atoms with Crippen molar-refractivity contribution in [1.82, 2.24) is 5.32 Å². The highest BCUT2D eigenvalue weighted by Gasteiger charge is 2.52. The van der Waals surface area contributed by atoms with E-state index in [0.717, 1.165) is 35.1 Å². The van der Waals surface area contributed by atoms with Crippen LogP contribution in [0.1, 0.15) is 0 Å². The van der Waals surface area contributed by atoms with Gasteiger partial charge >= 0.3 is 0 Å². The van der Waals surface area contributed by atoms with Crippen LogP contribution >= 0.6 is 11.6 Å². The first-order valence-corrected chi connectivity index (χ1v) is 5.81. The molecule has 15 heavy (non-hydrogen) atoms. The van der Waals surface area contributed by atoms with E-state index in [-0.39, 0.29) is 0 Å². The quantitative estimate of drug-likeness (QED) is 0.848. The molecule has 3 heteroatoms. The lowest BCUT2D eigenvalue weighted by atomic mass is 10.3. The summed E-state index contributed by atoms with van der Waals surface area (Å²) < 4.78 is 5.73. The molecular weight excluding hydrogens is 210 g/mol. The fraction of sp³-hybridized carbons (Fsp3) is 0.500. The van der Waals surface area contributed by atoms with Gasteiger partial charge in [0, 0.05) is 10.9 Å². The molecule has 1 saturated heterocycles. The van der Waals surface area contributed by atoms with E-state index in [1.165, 1.54) is 13.1 Å². The molecule has 0 bridgehead atoms. The maximum absolute atomic E-state index is 5.88. The number of piperidine rings is 1. The van der Waals surface area contributed by atoms with Crippen LogP contribution in [0.4, 0.5) is 0 Å². The molecule has 3 rings (SSSR count). The van der Waals surface area contributed by atoms with Crippen molar-refractivity contribution in [2.75, 3.05) is 19.7 Å². The summed E-state index contributed by atoms with van der Waals surface area (Å²) in [5, 5.41) is 4.12. The monoisotopic (exact) mass is 223 g/mol. The number of nitrogens with one attached hydrogen (secondary N) is 1. The van der Waals surface area contributed by atoms with Gasteiger partial charge in [-0.05, 0) is 43.1 Å². The highest BCUT2D eigenvalue weighted by molar-refractivity contribution is 6.30. The summed E-state index contributed by atoms with van der Waals surface area (Å²) in [5.74, 6) is 3.39. The maximum atomic E-state index is 5.88. The van der Waals surface area contributed by atoms with E-state index in [4.69, 9.17) is 16.3 Å². The number of benzene rings is 1. The minimum atomic E-state index is 0.741. The van der Waals surface area contributed by atoms with Crippen LogP contribution in [-0.2, 0) is 0 Å². The molecule has 0 aromatic heterocycles. The van der Waals surface area contributed by atoms with Gasteiger partial charge in [-0.2, -0.15) is 0 Å². The zero-order valence-electron chi connectivity index (χ0n) is 8.45. The van der Waals surface area contributed by atoms with E-state index in [0.29, 0.717) is 0 Å². The summed E-state index contributed by atoms with van der Waals surface area (Å²) in [4.78, 5) is 0. The second-order valence-corrected chi connectivity index (χ2v) is 4.85. The van der Waals surface area contributed by atoms with Crippen LogP contribution in [-0.4, -0.2) is 19.7 Å². The van der Waals surface area contributed by atoms with Crippen LogP contribution in [0.3, 0.4) is 0 Å². The van der Waals surface area contributed by atoms with E-state index in [1.54, 1.807) is 0 Å². The zero-order chi connectivity index (χ0) is 10.3. The molecule has 2 aliphatic rings. The standard InChI is InChI=1S/C12H14ClNO/c13-8-2-1-3-9(4-8)15-7-12-10-5-14-6-11(10)12/h1-4,10-12,14H,5-7H2/t10-,11+,12-. The summed E-state index contributed by atoms with van der Waals surface area (Å²) in [6, 6.07) is 7.62. The Morgan fingerprint density at radius 3 is 2.87 bits per heavy atom. The van der Waals surface area contributed by atoms with Crippen molar-refractivity contribution >= 4 is 11.6 Å². The van der Waals surface area contributed by atoms with Crippen molar-refractivity contribution in [1.29, 1.82) is 0 Å². The van der Waals surface area contributed by atoms with Crippen molar-refractivity contribution < 1.29 is 4.74 Å². The molecule has 2 nitrogen and oxygen atoms in total. The Balaban J connectivity index is 1.54. The number of ether oxygens (including phenoxy) is 1. The lowest BCUT2D eigenvalue weighted by Crippen LogP contribution is -2.17. The molecule has 2 fully saturated rings. The van der Waals surface area contributed by atoms with Crippen LogP contribution in [0.5, 0.6) is 5.75 Å². The number of hydrogen-bond donors (Lipinski definition) is 1. The van der Waals surface area contributed by atoms with Crippen LogP contribution in [0, 0.1) is 17.8 Å². The van der Waals surface area contributed by atoms with Gasteiger partial charge < -0.3 is 10.1 Å². The van der Waals surface area contributed by atoms with E-state index in [1.807, 2.05) is 24.3 Å². The van der Waals surface area contributed by atoms with Crippen molar-refractivity contribution in [3.8, 4) is 5.75 Å². The van der Waals surface area contributed by atoms with Gasteiger partial charge in [0.25, 0.3) is 0 Å². The maximum Gasteiger partial charge on any atom is 0.120 e. The number of hydrogen-bond acceptors (Lipinski definition) is 2. The van der Waals surface area contributed by atoms with E-state index in [2.05, 4.69) is 5.32 Å². The fourth-order valence-corrected chi connectivity index (χ4v) is 2.72. The van der Waals surface area contributed by atoms with Crippen molar-refractivity contribution in [2.45, 2.75) is 0 Å². The third-order valence-electron chi connectivity index (χ3n) is 3.51. The number of fused-ring (bicyclic) bond motifs is 1. The first-order chi connectivity index (χ1) is 7.34. The van der Waals surface area contributed by atoms with Crippen LogP contribution in [0.25, 0.3) is 0 Å². The first kappa shape index (κ1) is 9.49. The molecular formula is C12H14ClNO. The zero-order valence-corrected chi connectivity index (χ0v) is 9.20. The molecule has 1 aromatic carbocycles. The Morgan fingerprint density at radius 1 is 1.33 bits per heavy atom. The van der Waals surface area contributed by atoms with Gasteiger partial charge in [-0.15, -0.1) is 0 Å². The van der Waals surface area contributed by atoms with Gasteiger partial charge in [-0.1, -0.05) is 17.7 Å². The first-order valence-electron chi connectivity index (χ1n) is 5.44. The molecule has 0 amide bonds. The van der Waals surface area contributed by atoms with E-state index >= 15 is 0 Å². The third-order valence-corrected chi connectivity index (χ3v) is 3.74. The minimum absolute atomic E-state index is 0.741. The molecule has 1 N–H and O–H groups in total. The van der Waals surface area contributed by atoms with Crippen LogP contribution < -0.4 is 10.1 Å². The SMILES string of the molecule is Clc1cccc(OC[C@@H]2[C@@H]3CNC[C@@H]32)c1. The summed E-state index contributed by atoms with van der Waals surface area (Å²) in [6.07, 6.45) is 0. The second kappa shape index (κ2) is 3.69. The largest absolute Gasteiger partial charge is 0.493 e. The average molecular weight is 224 g/mol. The molecule has 80 valence electrons. The van der Waals surface area contributed by atoms with Gasteiger partial charge in [0.15, 0.2) is 0 Å². The summed E-state index contributed by atoms with van der Waals surface area (Å²) in [5.41, 5.74) is 0. The van der Waals surface area contributed by atoms with Crippen molar-refractivity contribution in [3.63, 3.8) is 0 Å². The predicted octanol–water partition coefficient (Wildman–Crippen LogP) is 2.18. The highest BCUT2D eigenvalue weighted by Crippen LogP contribution is 2.48. The lowest BCUT2D eigenvalue weighted by Gasteiger charge is -2.07. The molecule has 1 aliphatic heterocycles. The molecule has 1 aromatic rings. The van der Waals surface area contributed by atoms with Crippen LogP contribution in [0.15, 0.2) is 24.3 Å². The summed E-state index contributed by atoms with van der Waals surface area (Å²) >= 11 is 5.88. The number of rotatable bonds is 3. The molecule has 1 saturated carbocycles. The van der Waals surface area contributed by atoms with Gasteiger partial charge in [-0.3, -0.25) is 0 Å². The molecule has 3 atom stereocenters. The average Bonchev–Trinajstić information content (AvgIpc) is 2.69. The smallest absolute Gasteiger partial charge is 0.120 e. The Labute approximate surface area is 94.6 Å². The second-order valence-electron chi connectivity index (χ2n) is 4.42. The van der Waals surface area contributed by atoms with Gasteiger partial charge in [0.05, 0.1) is 6.61 Å². The Kier molecular flexibility index (Phi) is 2.33. The summed E-state index contributed by atoms with van der Waals surface area (Å²) in [7, 11) is 0. The molecule has 1 aliphatic carbocycles. The van der Waals surface area contributed by atoms with Gasteiger partial charge in [-0.25, -0.2) is 0 Å². The lowest BCUT2D eigenvalue weighted by molar-refractivity contribution is 0.280. The minimum Gasteiger partial charge on any atom is -0.493 e. The molecule has 1 heterocycles. The van der Waals surface area contributed by atoms with Crippen molar-refractivity contribution in [3.05, 3.63) is 29.3 Å². The Hall–Kier alpha value is -0.730. The summed E-state index contributed by atoms with van der Waals surface area (Å²) in [6.45, 7) is 3.19. The molecule has 0 radical (unpaired) electrons. The molecule has 0 unspecified atom stereocenters. The Morgan fingerprint density at radius 2 is 2.13 bits per heavy atom. The third kappa shape index (κ3) is 1.84. The van der Waals surface area contributed by atoms with Crippen molar-refractivity contribution in [2.24, 2.45) is 17.8 Å². The highest BCUT2D eigenvalue weighted by atomic mass is 35.5.